The van der Waals surface area contributed by atoms with Crippen molar-refractivity contribution in [1.29, 1.82) is 0 Å². The van der Waals surface area contributed by atoms with Crippen LogP contribution in [0.2, 0.25) is 0 Å². The van der Waals surface area contributed by atoms with Crippen molar-refractivity contribution in [1.82, 2.24) is 0 Å². The van der Waals surface area contributed by atoms with Gasteiger partial charge in [0, 0.05) is 0 Å². The quantitative estimate of drug-likeness (QED) is 0.196. The van der Waals surface area contributed by atoms with Crippen molar-refractivity contribution in [2.75, 3.05) is 0 Å². The van der Waals surface area contributed by atoms with E-state index in [1.54, 1.807) is 17.6 Å². The van der Waals surface area contributed by atoms with Crippen molar-refractivity contribution < 1.29 is 21.3 Å². The molecule has 0 radical (unpaired) electrons. The Morgan fingerprint density at radius 2 is 1.02 bits per heavy atom. The Hall–Kier alpha value is -2.31. The van der Waals surface area contributed by atoms with Gasteiger partial charge in [0.15, 0.2) is 0 Å². The van der Waals surface area contributed by atoms with E-state index in [1.807, 2.05) is 0 Å². The number of benzene rings is 4. The molecule has 0 fully saturated rings. The second-order valence-electron chi connectivity index (χ2n) is 11.7. The summed E-state index contributed by atoms with van der Waals surface area (Å²) in [6.45, 7) is 9.99. The Morgan fingerprint density at radius 3 is 1.45 bits per heavy atom. The molecule has 204 valence electrons. The van der Waals surface area contributed by atoms with Crippen LogP contribution >= 0.6 is 24.8 Å². The average Bonchev–Trinajstić information content (AvgIpc) is 3.59. The molecule has 0 amide bonds. The Bertz CT molecular complexity index is 1480. The summed E-state index contributed by atoms with van der Waals surface area (Å²) in [5.74, 6) is 0. The minimum absolute atomic E-state index is 0. The van der Waals surface area contributed by atoms with Crippen LogP contribution in [-0.4, -0.2) is 3.21 Å². The maximum absolute atomic E-state index is 2.66. The van der Waals surface area contributed by atoms with Gasteiger partial charge < -0.3 is 0 Å². The van der Waals surface area contributed by atoms with Crippen LogP contribution in [0.25, 0.3) is 11.1 Å². The first-order chi connectivity index (χ1) is 18.4. The molecule has 2 aliphatic rings. The van der Waals surface area contributed by atoms with Gasteiger partial charge >= 0.3 is 237 Å². The minimum atomic E-state index is -2.66. The summed E-state index contributed by atoms with van der Waals surface area (Å²) in [6, 6.07) is 41.0. The molecule has 40 heavy (non-hydrogen) atoms. The first-order valence-corrected chi connectivity index (χ1v) is 17.7. The summed E-state index contributed by atoms with van der Waals surface area (Å²) in [5.41, 5.74) is 8.64. The number of rotatable bonds is 6. The molecule has 0 N–H and O–H groups in total. The van der Waals surface area contributed by atoms with Crippen LogP contribution in [0.15, 0.2) is 131 Å². The smallest absolute Gasteiger partial charge is 0.147 e. The Balaban J connectivity index is 0.00000185. The van der Waals surface area contributed by atoms with E-state index in [0.29, 0.717) is 3.63 Å². The van der Waals surface area contributed by atoms with E-state index in [0.717, 1.165) is 6.42 Å². The monoisotopic (exact) mass is 642 g/mol. The molecule has 4 aromatic rings. The van der Waals surface area contributed by atoms with Crippen LogP contribution in [0.1, 0.15) is 60.0 Å². The van der Waals surface area contributed by atoms with E-state index < -0.39 is 21.3 Å². The Labute approximate surface area is 260 Å². The van der Waals surface area contributed by atoms with E-state index in [-0.39, 0.29) is 35.6 Å². The molecule has 0 unspecified atom stereocenters. The fourth-order valence-corrected chi connectivity index (χ4v) is 17.8. The number of allylic oxidation sites excluding steroid dienone is 4. The van der Waals surface area contributed by atoms with Gasteiger partial charge in [-0.2, -0.15) is 0 Å². The van der Waals surface area contributed by atoms with Crippen LogP contribution in [0.5, 0.6) is 0 Å². The molecule has 0 saturated carbocycles. The Kier molecular flexibility index (Phi) is 9.41. The van der Waals surface area contributed by atoms with Crippen molar-refractivity contribution in [2.45, 2.75) is 48.6 Å². The molecule has 0 aliphatic heterocycles. The van der Waals surface area contributed by atoms with E-state index in [4.69, 9.17) is 0 Å². The van der Waals surface area contributed by atoms with Crippen molar-refractivity contribution in [2.24, 2.45) is 0 Å². The standard InChI is InChI=1S/C19H22.C13H9.C5H5.2ClH.Zr/c1-18(2,16-11-7-5-8-12-16)15-19(3,4)17-13-9-6-10-14-17;1-3-7-12-10(5-1)9-11-6-2-4-8-13(11)12;1-2-4-5-3-1;;;/h5-14H,1-4H3;1-9H;1-3H,4H2;2*1H;. The maximum Gasteiger partial charge on any atom is -0.147 e. The summed E-state index contributed by atoms with van der Waals surface area (Å²) in [5, 5.41) is 0. The van der Waals surface area contributed by atoms with E-state index in [1.165, 1.54) is 22.3 Å². The SMILES string of the molecule is CC(C)([C](=[Zr]([C]1=CC=CC1)[CH]1c2ccccc2-c2ccccc21)C(C)(C)c1ccccc1)c1ccccc1.Cl.Cl. The predicted octanol–water partition coefficient (Wildman–Crippen LogP) is 10.2. The second kappa shape index (κ2) is 12.3. The van der Waals surface area contributed by atoms with Gasteiger partial charge in [0.1, 0.15) is 0 Å². The molecular formula is C37H38Cl2Zr. The third-order valence-electron chi connectivity index (χ3n) is 8.75. The van der Waals surface area contributed by atoms with Gasteiger partial charge in [-0.05, 0) is 0 Å². The summed E-state index contributed by atoms with van der Waals surface area (Å²) in [4.78, 5) is 0. The van der Waals surface area contributed by atoms with Gasteiger partial charge in [-0.15, -0.1) is 24.8 Å². The summed E-state index contributed by atoms with van der Waals surface area (Å²) in [7, 11) is 0. The molecule has 0 aromatic heterocycles. The molecule has 3 heteroatoms. The Morgan fingerprint density at radius 1 is 0.600 bits per heavy atom. The normalized spacial score (nSPS) is 13.9. The van der Waals surface area contributed by atoms with Gasteiger partial charge in [0.05, 0.1) is 0 Å². The molecule has 0 spiro atoms. The fourth-order valence-electron chi connectivity index (χ4n) is 7.06. The number of hydrogen-bond acceptors (Lipinski definition) is 0. The summed E-state index contributed by atoms with van der Waals surface area (Å²) in [6.07, 6.45) is 8.27. The second-order valence-corrected chi connectivity index (χ2v) is 18.0. The van der Waals surface area contributed by atoms with E-state index >= 15 is 0 Å². The molecule has 0 atom stereocenters. The predicted molar refractivity (Wildman–Crippen MR) is 174 cm³/mol. The van der Waals surface area contributed by atoms with E-state index in [2.05, 4.69) is 155 Å². The van der Waals surface area contributed by atoms with Crippen molar-refractivity contribution in [3.8, 4) is 11.1 Å². The number of hydrogen-bond donors (Lipinski definition) is 0. The molecule has 0 saturated heterocycles. The third kappa shape index (κ3) is 5.22. The fraction of sp³-hybridized carbons (Fsp3) is 0.216. The van der Waals surface area contributed by atoms with Gasteiger partial charge in [0.25, 0.3) is 0 Å². The average molecular weight is 645 g/mol. The molecule has 0 nitrogen and oxygen atoms in total. The van der Waals surface area contributed by atoms with Crippen LogP contribution in [0, 0.1) is 0 Å². The molecule has 2 aliphatic carbocycles. The van der Waals surface area contributed by atoms with Crippen LogP contribution < -0.4 is 0 Å². The van der Waals surface area contributed by atoms with Crippen molar-refractivity contribution in [3.63, 3.8) is 0 Å². The van der Waals surface area contributed by atoms with Crippen LogP contribution in [0.3, 0.4) is 0 Å². The topological polar surface area (TPSA) is 0 Å². The number of fused-ring (bicyclic) bond motifs is 3. The first-order valence-electron chi connectivity index (χ1n) is 13.8. The molecule has 0 heterocycles. The van der Waals surface area contributed by atoms with E-state index in [9.17, 15) is 0 Å². The number of halogens is 2. The molecule has 6 rings (SSSR count). The van der Waals surface area contributed by atoms with Crippen molar-refractivity contribution >= 4 is 28.0 Å². The van der Waals surface area contributed by atoms with Crippen LogP contribution in [0.4, 0.5) is 0 Å². The van der Waals surface area contributed by atoms with Gasteiger partial charge in [-0.1, -0.05) is 0 Å². The molecule has 4 aromatic carbocycles. The minimum Gasteiger partial charge on any atom is -0.147 e. The molecule has 0 bridgehead atoms. The largest absolute Gasteiger partial charge is 0.147 e. The zero-order valence-electron chi connectivity index (χ0n) is 23.7. The van der Waals surface area contributed by atoms with Crippen LogP contribution in [-0.2, 0) is 32.1 Å². The van der Waals surface area contributed by atoms with Gasteiger partial charge in [-0.3, -0.25) is 0 Å². The first kappa shape index (κ1) is 30.6. The zero-order valence-corrected chi connectivity index (χ0v) is 27.8. The third-order valence-corrected chi connectivity index (χ3v) is 18.7. The summed E-state index contributed by atoms with van der Waals surface area (Å²) >= 11 is -2.66. The maximum atomic E-state index is 2.50. The molecular weight excluding hydrogens is 607 g/mol. The summed E-state index contributed by atoms with van der Waals surface area (Å²) < 4.78 is 3.96. The van der Waals surface area contributed by atoms with Crippen molar-refractivity contribution in [3.05, 3.63) is 153 Å². The zero-order chi connectivity index (χ0) is 26.3. The van der Waals surface area contributed by atoms with Gasteiger partial charge in [0.2, 0.25) is 0 Å². The van der Waals surface area contributed by atoms with Gasteiger partial charge in [-0.25, -0.2) is 0 Å².